The molecule has 0 saturated carbocycles. The third kappa shape index (κ3) is 4.88. The van der Waals surface area contributed by atoms with Crippen LogP contribution in [0.1, 0.15) is 12.3 Å². The van der Waals surface area contributed by atoms with Crippen molar-refractivity contribution in [1.82, 2.24) is 10.3 Å². The summed E-state index contributed by atoms with van der Waals surface area (Å²) in [5.41, 5.74) is 1.08. The summed E-state index contributed by atoms with van der Waals surface area (Å²) in [6.07, 6.45) is 3.67. The summed E-state index contributed by atoms with van der Waals surface area (Å²) in [6, 6.07) is 8.22. The Hall–Kier alpha value is -0.920. The number of nitrogens with zero attached hydrogens (tertiary/aromatic N) is 1. The van der Waals surface area contributed by atoms with Crippen molar-refractivity contribution in [1.29, 1.82) is 0 Å². The van der Waals surface area contributed by atoms with Crippen molar-refractivity contribution in [3.05, 3.63) is 39.9 Å². The number of benzene rings is 1. The average Bonchev–Trinajstić information content (AvgIpc) is 2.91. The van der Waals surface area contributed by atoms with E-state index in [-0.39, 0.29) is 0 Å². The van der Waals surface area contributed by atoms with Crippen LogP contribution in [0.3, 0.4) is 0 Å². The summed E-state index contributed by atoms with van der Waals surface area (Å²) < 4.78 is 12.0. The van der Waals surface area contributed by atoms with Crippen molar-refractivity contribution in [2.24, 2.45) is 0 Å². The Morgan fingerprint density at radius 2 is 2.25 bits per heavy atom. The molecule has 1 N–H and O–H groups in total. The van der Waals surface area contributed by atoms with Gasteiger partial charge in [0.25, 0.3) is 0 Å². The molecule has 0 unspecified atom stereocenters. The second-order valence-electron chi connectivity index (χ2n) is 4.47. The van der Waals surface area contributed by atoms with E-state index in [2.05, 4.69) is 45.0 Å². The molecule has 0 saturated heterocycles. The smallest absolute Gasteiger partial charge is 0.194 e. The molecule has 5 heteroatoms. The molecule has 1 aromatic heterocycles. The molecular weight excluding hydrogens is 367 g/mol. The summed E-state index contributed by atoms with van der Waals surface area (Å²) in [5.74, 6) is 1.64. The maximum Gasteiger partial charge on any atom is 0.194 e. The van der Waals surface area contributed by atoms with Crippen LogP contribution in [-0.2, 0) is 11.2 Å². The number of aryl methyl sites for hydroxylation is 1. The van der Waals surface area contributed by atoms with Crippen LogP contribution >= 0.6 is 22.6 Å². The highest BCUT2D eigenvalue weighted by Gasteiger charge is 2.06. The topological polar surface area (TPSA) is 47.3 Å². The first-order valence-corrected chi connectivity index (χ1v) is 7.78. The van der Waals surface area contributed by atoms with Crippen molar-refractivity contribution in [2.45, 2.75) is 12.8 Å². The molecule has 0 amide bonds. The van der Waals surface area contributed by atoms with Crippen LogP contribution in [0.25, 0.3) is 11.3 Å². The second kappa shape index (κ2) is 8.39. The zero-order valence-corrected chi connectivity index (χ0v) is 13.7. The zero-order valence-electron chi connectivity index (χ0n) is 11.6. The van der Waals surface area contributed by atoms with E-state index in [0.29, 0.717) is 0 Å². The first-order valence-electron chi connectivity index (χ1n) is 6.70. The standard InChI is InChI=1S/C15H19IN2O2/c1-19-9-8-17-7-3-6-15-18-11-14(20-15)12-4-2-5-13(16)10-12/h2,4-5,10-11,17H,3,6-9H2,1H3. The summed E-state index contributed by atoms with van der Waals surface area (Å²) >= 11 is 2.30. The van der Waals surface area contributed by atoms with Gasteiger partial charge in [0.2, 0.25) is 0 Å². The SMILES string of the molecule is COCCNCCCc1ncc(-c2cccc(I)c2)o1. The molecule has 0 aliphatic carbocycles. The van der Waals surface area contributed by atoms with Gasteiger partial charge in [-0.25, -0.2) is 4.98 Å². The van der Waals surface area contributed by atoms with Gasteiger partial charge >= 0.3 is 0 Å². The van der Waals surface area contributed by atoms with Crippen molar-refractivity contribution in [3.8, 4) is 11.3 Å². The van der Waals surface area contributed by atoms with Crippen LogP contribution in [0.2, 0.25) is 0 Å². The minimum Gasteiger partial charge on any atom is -0.441 e. The van der Waals surface area contributed by atoms with E-state index < -0.39 is 0 Å². The molecule has 2 aromatic rings. The molecule has 2 rings (SSSR count). The molecular formula is C15H19IN2O2. The Bertz CT molecular complexity index is 528. The Labute approximate surface area is 133 Å². The van der Waals surface area contributed by atoms with Crippen LogP contribution in [0.5, 0.6) is 0 Å². The van der Waals surface area contributed by atoms with Gasteiger partial charge in [-0.3, -0.25) is 0 Å². The number of halogens is 1. The van der Waals surface area contributed by atoms with Crippen molar-refractivity contribution in [2.75, 3.05) is 26.8 Å². The molecule has 0 bridgehead atoms. The molecule has 1 heterocycles. The van der Waals surface area contributed by atoms with Crippen molar-refractivity contribution < 1.29 is 9.15 Å². The Balaban J connectivity index is 1.80. The highest BCUT2D eigenvalue weighted by Crippen LogP contribution is 2.22. The number of ether oxygens (including phenoxy) is 1. The number of hydrogen-bond donors (Lipinski definition) is 1. The third-order valence-corrected chi connectivity index (χ3v) is 3.56. The maximum atomic E-state index is 5.79. The van der Waals surface area contributed by atoms with Gasteiger partial charge in [-0.15, -0.1) is 0 Å². The van der Waals surface area contributed by atoms with Crippen molar-refractivity contribution in [3.63, 3.8) is 0 Å². The molecule has 0 aliphatic heterocycles. The third-order valence-electron chi connectivity index (χ3n) is 2.89. The first kappa shape index (κ1) is 15.5. The van der Waals surface area contributed by atoms with Crippen molar-refractivity contribution >= 4 is 22.6 Å². The highest BCUT2D eigenvalue weighted by atomic mass is 127. The number of aromatic nitrogens is 1. The van der Waals surface area contributed by atoms with Crippen LogP contribution in [-0.4, -0.2) is 31.8 Å². The predicted octanol–water partition coefficient (Wildman–Crippen LogP) is 3.11. The number of rotatable bonds is 8. The van der Waals surface area contributed by atoms with Gasteiger partial charge in [0.15, 0.2) is 11.7 Å². The monoisotopic (exact) mass is 386 g/mol. The fourth-order valence-corrected chi connectivity index (χ4v) is 2.41. The van der Waals surface area contributed by atoms with Gasteiger partial charge in [0.05, 0.1) is 12.8 Å². The van der Waals surface area contributed by atoms with Gasteiger partial charge in [0, 0.05) is 29.2 Å². The van der Waals surface area contributed by atoms with Gasteiger partial charge in [-0.2, -0.15) is 0 Å². The summed E-state index contributed by atoms with van der Waals surface area (Å²) in [5, 5.41) is 3.31. The van der Waals surface area contributed by atoms with E-state index in [1.807, 2.05) is 12.1 Å². The fourth-order valence-electron chi connectivity index (χ4n) is 1.86. The van der Waals surface area contributed by atoms with E-state index in [1.54, 1.807) is 13.3 Å². The van der Waals surface area contributed by atoms with E-state index in [9.17, 15) is 0 Å². The summed E-state index contributed by atoms with van der Waals surface area (Å²) in [4.78, 5) is 4.33. The van der Waals surface area contributed by atoms with Gasteiger partial charge in [0.1, 0.15) is 0 Å². The van der Waals surface area contributed by atoms with E-state index >= 15 is 0 Å². The number of nitrogens with one attached hydrogen (secondary N) is 1. The number of hydrogen-bond acceptors (Lipinski definition) is 4. The van der Waals surface area contributed by atoms with Crippen LogP contribution in [0.4, 0.5) is 0 Å². The fraction of sp³-hybridized carbons (Fsp3) is 0.400. The lowest BCUT2D eigenvalue weighted by Gasteiger charge is -2.02. The Morgan fingerprint density at radius 1 is 1.35 bits per heavy atom. The van der Waals surface area contributed by atoms with Crippen LogP contribution in [0, 0.1) is 3.57 Å². The maximum absolute atomic E-state index is 5.79. The molecule has 108 valence electrons. The minimum absolute atomic E-state index is 0.746. The number of methoxy groups -OCH3 is 1. The Morgan fingerprint density at radius 3 is 3.05 bits per heavy atom. The molecule has 0 aliphatic rings. The summed E-state index contributed by atoms with van der Waals surface area (Å²) in [7, 11) is 1.71. The van der Waals surface area contributed by atoms with Crippen LogP contribution < -0.4 is 5.32 Å². The van der Waals surface area contributed by atoms with Crippen LogP contribution in [0.15, 0.2) is 34.9 Å². The molecule has 0 atom stereocenters. The van der Waals surface area contributed by atoms with E-state index in [0.717, 1.165) is 49.8 Å². The largest absolute Gasteiger partial charge is 0.441 e. The molecule has 0 spiro atoms. The quantitative estimate of drug-likeness (QED) is 0.560. The molecule has 0 radical (unpaired) electrons. The molecule has 0 fully saturated rings. The molecule has 20 heavy (non-hydrogen) atoms. The van der Waals surface area contributed by atoms with Gasteiger partial charge in [-0.05, 0) is 47.7 Å². The molecule has 4 nitrogen and oxygen atoms in total. The first-order chi connectivity index (χ1) is 9.79. The molecule has 1 aromatic carbocycles. The lowest BCUT2D eigenvalue weighted by Crippen LogP contribution is -2.20. The highest BCUT2D eigenvalue weighted by molar-refractivity contribution is 14.1. The van der Waals surface area contributed by atoms with E-state index in [1.165, 1.54) is 3.57 Å². The minimum atomic E-state index is 0.746. The second-order valence-corrected chi connectivity index (χ2v) is 5.72. The lowest BCUT2D eigenvalue weighted by molar-refractivity contribution is 0.199. The Kier molecular flexibility index (Phi) is 6.49. The van der Waals surface area contributed by atoms with Gasteiger partial charge in [-0.1, -0.05) is 12.1 Å². The number of oxazole rings is 1. The van der Waals surface area contributed by atoms with Gasteiger partial charge < -0.3 is 14.5 Å². The summed E-state index contributed by atoms with van der Waals surface area (Å²) in [6.45, 7) is 2.58. The predicted molar refractivity (Wildman–Crippen MR) is 87.7 cm³/mol. The van der Waals surface area contributed by atoms with E-state index in [4.69, 9.17) is 9.15 Å². The zero-order chi connectivity index (χ0) is 14.2. The average molecular weight is 386 g/mol. The lowest BCUT2D eigenvalue weighted by atomic mass is 10.2. The normalized spacial score (nSPS) is 10.9.